The van der Waals surface area contributed by atoms with Crippen LogP contribution in [0.4, 0.5) is 11.4 Å². The number of likely N-dealkylation sites (tertiary alicyclic amines) is 1. The zero-order valence-corrected chi connectivity index (χ0v) is 23.0. The fourth-order valence-electron chi connectivity index (χ4n) is 5.82. The number of anilines is 2. The Kier molecular flexibility index (Phi) is 8.41. The third kappa shape index (κ3) is 5.84. The van der Waals surface area contributed by atoms with Crippen LogP contribution in [0.3, 0.4) is 0 Å². The minimum atomic E-state index is -0.488. The van der Waals surface area contributed by atoms with Crippen molar-refractivity contribution in [3.8, 4) is 0 Å². The Morgan fingerprint density at radius 1 is 0.925 bits per heavy atom. The number of esters is 1. The fourth-order valence-corrected chi connectivity index (χ4v) is 5.82. The Bertz CT molecular complexity index is 1380. The molecule has 0 radical (unpaired) electrons. The molecule has 7 heteroatoms. The average Bonchev–Trinajstić information content (AvgIpc) is 3.42. The molecular formula is C33H35N3O4. The second-order valence-corrected chi connectivity index (χ2v) is 10.3. The van der Waals surface area contributed by atoms with Crippen molar-refractivity contribution in [3.63, 3.8) is 0 Å². The predicted molar refractivity (Wildman–Crippen MR) is 157 cm³/mol. The number of carbonyl (C=O) groups excluding carboxylic acids is 3. The van der Waals surface area contributed by atoms with E-state index in [-0.39, 0.29) is 23.8 Å². The van der Waals surface area contributed by atoms with E-state index in [4.69, 9.17) is 4.74 Å². The summed E-state index contributed by atoms with van der Waals surface area (Å²) in [5.74, 6) is -0.394. The van der Waals surface area contributed by atoms with E-state index >= 15 is 0 Å². The molecule has 1 fully saturated rings. The molecule has 0 aromatic heterocycles. The highest BCUT2D eigenvalue weighted by atomic mass is 16.5. The number of rotatable bonds is 7. The highest BCUT2D eigenvalue weighted by Crippen LogP contribution is 2.35. The number of fused-ring (bicyclic) bond motifs is 1. The van der Waals surface area contributed by atoms with Gasteiger partial charge in [0.15, 0.2) is 0 Å². The molecule has 0 saturated carbocycles. The third-order valence-corrected chi connectivity index (χ3v) is 7.85. The molecule has 5 rings (SSSR count). The number of carbonyl (C=O) groups is 3. The Hall–Kier alpha value is -4.23. The number of benzene rings is 3. The lowest BCUT2D eigenvalue weighted by atomic mass is 9.97. The van der Waals surface area contributed by atoms with Crippen LogP contribution in [0, 0.1) is 0 Å². The summed E-state index contributed by atoms with van der Waals surface area (Å²) >= 11 is 0. The molecule has 2 heterocycles. The molecule has 206 valence electrons. The van der Waals surface area contributed by atoms with Gasteiger partial charge < -0.3 is 14.5 Å². The standard InChI is InChI=1S/C33H35N3O4/c1-24(37)35-22-17-26-14-15-29(23-30(26)35)36(31(38)16-13-25-9-5-3-6-10-25)28-18-20-34(21-19-28)32(33(39)40-2)27-11-7-4-8-12-27/h3-16,23,28,32H,17-22H2,1-2H3. The Morgan fingerprint density at radius 2 is 1.60 bits per heavy atom. The van der Waals surface area contributed by atoms with E-state index in [1.54, 1.807) is 17.9 Å². The Balaban J connectivity index is 1.42. The SMILES string of the molecule is COC(=O)C(c1ccccc1)N1CCC(N(C(=O)C=Cc2ccccc2)c2ccc3c(c2)N(C(C)=O)CC3)CC1. The first kappa shape index (κ1) is 27.3. The maximum Gasteiger partial charge on any atom is 0.327 e. The van der Waals surface area contributed by atoms with E-state index in [1.807, 2.05) is 89.8 Å². The molecule has 1 atom stereocenters. The van der Waals surface area contributed by atoms with Crippen molar-refractivity contribution in [1.29, 1.82) is 0 Å². The van der Waals surface area contributed by atoms with Crippen LogP contribution in [0.1, 0.15) is 42.5 Å². The average molecular weight is 538 g/mol. The molecule has 1 saturated heterocycles. The smallest absolute Gasteiger partial charge is 0.327 e. The number of piperidine rings is 1. The maximum absolute atomic E-state index is 13.8. The summed E-state index contributed by atoms with van der Waals surface area (Å²) in [6, 6.07) is 24.9. The number of ether oxygens (including phenoxy) is 1. The van der Waals surface area contributed by atoms with Gasteiger partial charge in [0.25, 0.3) is 5.91 Å². The van der Waals surface area contributed by atoms with E-state index in [0.29, 0.717) is 32.5 Å². The van der Waals surface area contributed by atoms with Crippen molar-refractivity contribution < 1.29 is 19.1 Å². The van der Waals surface area contributed by atoms with Gasteiger partial charge in [0.2, 0.25) is 5.91 Å². The normalized spacial score (nSPS) is 16.5. The van der Waals surface area contributed by atoms with Gasteiger partial charge in [0, 0.05) is 50.1 Å². The summed E-state index contributed by atoms with van der Waals surface area (Å²) in [5.41, 5.74) is 4.62. The predicted octanol–water partition coefficient (Wildman–Crippen LogP) is 5.02. The van der Waals surface area contributed by atoms with Crippen molar-refractivity contribution in [2.24, 2.45) is 0 Å². The van der Waals surface area contributed by atoms with E-state index in [1.165, 1.54) is 7.11 Å². The lowest BCUT2D eigenvalue weighted by Crippen LogP contribution is -2.49. The van der Waals surface area contributed by atoms with Gasteiger partial charge >= 0.3 is 5.97 Å². The number of nitrogens with zero attached hydrogens (tertiary/aromatic N) is 3. The van der Waals surface area contributed by atoms with Gasteiger partial charge in [-0.1, -0.05) is 66.7 Å². The van der Waals surface area contributed by atoms with Gasteiger partial charge in [-0.15, -0.1) is 0 Å². The topological polar surface area (TPSA) is 70.2 Å². The second kappa shape index (κ2) is 12.3. The first-order chi connectivity index (χ1) is 19.5. The molecule has 2 aliphatic rings. The summed E-state index contributed by atoms with van der Waals surface area (Å²) in [7, 11) is 1.42. The van der Waals surface area contributed by atoms with Gasteiger partial charge in [-0.25, -0.2) is 4.79 Å². The van der Waals surface area contributed by atoms with Gasteiger partial charge in [-0.3, -0.25) is 14.5 Å². The Morgan fingerprint density at radius 3 is 2.25 bits per heavy atom. The molecular weight excluding hydrogens is 502 g/mol. The van der Waals surface area contributed by atoms with Crippen molar-refractivity contribution in [1.82, 2.24) is 4.90 Å². The monoisotopic (exact) mass is 537 g/mol. The first-order valence-corrected chi connectivity index (χ1v) is 13.8. The molecule has 0 spiro atoms. The largest absolute Gasteiger partial charge is 0.468 e. The highest BCUT2D eigenvalue weighted by Gasteiger charge is 2.35. The number of hydrogen-bond acceptors (Lipinski definition) is 5. The Labute approximate surface area is 235 Å². The number of hydrogen-bond donors (Lipinski definition) is 0. The third-order valence-electron chi connectivity index (χ3n) is 7.85. The van der Waals surface area contributed by atoms with Crippen LogP contribution in [0.25, 0.3) is 6.08 Å². The molecule has 0 aliphatic carbocycles. The molecule has 3 aromatic carbocycles. The lowest BCUT2D eigenvalue weighted by Gasteiger charge is -2.40. The zero-order valence-electron chi connectivity index (χ0n) is 23.0. The lowest BCUT2D eigenvalue weighted by molar-refractivity contribution is -0.148. The van der Waals surface area contributed by atoms with Gasteiger partial charge in [-0.2, -0.15) is 0 Å². The highest BCUT2D eigenvalue weighted by molar-refractivity contribution is 6.05. The molecule has 0 N–H and O–H groups in total. The minimum Gasteiger partial charge on any atom is -0.468 e. The van der Waals surface area contributed by atoms with E-state index in [0.717, 1.165) is 34.5 Å². The molecule has 2 amide bonds. The summed E-state index contributed by atoms with van der Waals surface area (Å²) in [6.45, 7) is 3.50. The van der Waals surface area contributed by atoms with Crippen molar-refractivity contribution in [2.45, 2.75) is 38.3 Å². The first-order valence-electron chi connectivity index (χ1n) is 13.8. The van der Waals surface area contributed by atoms with Crippen LogP contribution in [-0.4, -0.2) is 55.5 Å². The summed E-state index contributed by atoms with van der Waals surface area (Å²) < 4.78 is 5.16. The van der Waals surface area contributed by atoms with Crippen LogP contribution >= 0.6 is 0 Å². The molecule has 40 heavy (non-hydrogen) atoms. The quantitative estimate of drug-likeness (QED) is 0.313. The molecule has 7 nitrogen and oxygen atoms in total. The second-order valence-electron chi connectivity index (χ2n) is 10.3. The molecule has 2 aliphatic heterocycles. The van der Waals surface area contributed by atoms with Crippen LogP contribution in [0.5, 0.6) is 0 Å². The fraction of sp³-hybridized carbons (Fsp3) is 0.303. The molecule has 1 unspecified atom stereocenters. The minimum absolute atomic E-state index is 0.000761. The van der Waals surface area contributed by atoms with Crippen LogP contribution in [0.15, 0.2) is 84.9 Å². The maximum atomic E-state index is 13.8. The van der Waals surface area contributed by atoms with Gasteiger partial charge in [-0.05, 0) is 54.2 Å². The van der Waals surface area contributed by atoms with E-state index in [9.17, 15) is 14.4 Å². The molecule has 3 aromatic rings. The van der Waals surface area contributed by atoms with E-state index in [2.05, 4.69) is 4.90 Å². The molecule has 0 bridgehead atoms. The van der Waals surface area contributed by atoms with Crippen LogP contribution in [-0.2, 0) is 25.5 Å². The van der Waals surface area contributed by atoms with Crippen LogP contribution in [0.2, 0.25) is 0 Å². The van der Waals surface area contributed by atoms with Crippen molar-refractivity contribution >= 4 is 35.2 Å². The zero-order chi connectivity index (χ0) is 28.1. The van der Waals surface area contributed by atoms with Crippen molar-refractivity contribution in [3.05, 3.63) is 102 Å². The van der Waals surface area contributed by atoms with Gasteiger partial charge in [0.1, 0.15) is 6.04 Å². The summed E-state index contributed by atoms with van der Waals surface area (Å²) in [4.78, 5) is 44.7. The van der Waals surface area contributed by atoms with Gasteiger partial charge in [0.05, 0.1) is 7.11 Å². The van der Waals surface area contributed by atoms with E-state index < -0.39 is 6.04 Å². The summed E-state index contributed by atoms with van der Waals surface area (Å²) in [6.07, 6.45) is 5.66. The number of methoxy groups -OCH3 is 1. The number of amides is 2. The van der Waals surface area contributed by atoms with Crippen molar-refractivity contribution in [2.75, 3.05) is 36.5 Å². The van der Waals surface area contributed by atoms with Crippen LogP contribution < -0.4 is 9.80 Å². The summed E-state index contributed by atoms with van der Waals surface area (Å²) in [5, 5.41) is 0.